The van der Waals surface area contributed by atoms with E-state index in [2.05, 4.69) is 65.9 Å². The topological polar surface area (TPSA) is 150 Å². The number of carboxylic acids is 1. The molecule has 0 radical (unpaired) electrons. The van der Waals surface area contributed by atoms with Crippen molar-refractivity contribution >= 4 is 28.6 Å². The van der Waals surface area contributed by atoms with Crippen molar-refractivity contribution < 1.29 is 9.90 Å². The Morgan fingerprint density at radius 1 is 1.20 bits per heavy atom. The standard InChI is InChI=1S/C28H38N10O2/c1-19-16-20(2)38(36-19)15-14-37(12-4-3-7-22-9-8-21-6-5-11-29-26(21)33-22)13-10-23(28(39)40)34-27-25-24(17-32-35-25)30-18-31-27/h8-9,16-18,23H,3-7,10-15H2,1-2H3,(H,29,33)(H,32,35)(H,39,40)(H,30,31,34)/t23-/m0/s1. The van der Waals surface area contributed by atoms with Crippen LogP contribution >= 0.6 is 0 Å². The normalized spacial score (nSPS) is 13.8. The largest absolute Gasteiger partial charge is 0.480 e. The molecule has 1 aliphatic heterocycles. The minimum atomic E-state index is -0.920. The third-order valence-electron chi connectivity index (χ3n) is 7.42. The van der Waals surface area contributed by atoms with Gasteiger partial charge < -0.3 is 20.6 Å². The van der Waals surface area contributed by atoms with Gasteiger partial charge in [0.25, 0.3) is 0 Å². The van der Waals surface area contributed by atoms with Crippen LogP contribution in [0.3, 0.4) is 0 Å². The molecule has 5 heterocycles. The van der Waals surface area contributed by atoms with Crippen molar-refractivity contribution in [1.29, 1.82) is 0 Å². The Bertz CT molecular complexity index is 1430. The van der Waals surface area contributed by atoms with E-state index in [1.807, 2.05) is 11.6 Å². The van der Waals surface area contributed by atoms with Gasteiger partial charge in [-0.15, -0.1) is 0 Å². The molecule has 0 saturated carbocycles. The van der Waals surface area contributed by atoms with Crippen molar-refractivity contribution in [2.24, 2.45) is 0 Å². The first-order valence-corrected chi connectivity index (χ1v) is 14.1. The molecule has 0 unspecified atom stereocenters. The summed E-state index contributed by atoms with van der Waals surface area (Å²) in [4.78, 5) is 27.7. The number of aryl methyl sites for hydroxylation is 4. The van der Waals surface area contributed by atoms with Gasteiger partial charge in [0.05, 0.1) is 18.4 Å². The second kappa shape index (κ2) is 12.9. The van der Waals surface area contributed by atoms with E-state index in [1.54, 1.807) is 6.20 Å². The molecule has 1 atom stereocenters. The number of hydrogen-bond acceptors (Lipinski definition) is 9. The molecular formula is C28H38N10O2. The van der Waals surface area contributed by atoms with E-state index < -0.39 is 12.0 Å². The van der Waals surface area contributed by atoms with Gasteiger partial charge in [0.1, 0.15) is 29.2 Å². The SMILES string of the molecule is Cc1cc(C)n(CCN(CCCCc2ccc3c(n2)NCCC3)CC[C@H](Nc2ncnc3cn[nH]c23)C(=O)O)n1. The molecule has 0 fully saturated rings. The fourth-order valence-corrected chi connectivity index (χ4v) is 5.23. The van der Waals surface area contributed by atoms with Crippen molar-refractivity contribution in [1.82, 2.24) is 39.8 Å². The smallest absolute Gasteiger partial charge is 0.326 e. The van der Waals surface area contributed by atoms with E-state index in [9.17, 15) is 9.90 Å². The number of carbonyl (C=O) groups is 1. The Kier molecular flexibility index (Phi) is 8.84. The zero-order valence-electron chi connectivity index (χ0n) is 23.2. The molecule has 12 nitrogen and oxygen atoms in total. The van der Waals surface area contributed by atoms with Crippen LogP contribution in [0.4, 0.5) is 11.6 Å². The maximum Gasteiger partial charge on any atom is 0.326 e. The zero-order valence-corrected chi connectivity index (χ0v) is 23.2. The summed E-state index contributed by atoms with van der Waals surface area (Å²) in [6.45, 7) is 8.08. The fourth-order valence-electron chi connectivity index (χ4n) is 5.23. The van der Waals surface area contributed by atoms with Crippen molar-refractivity contribution in [3.63, 3.8) is 0 Å². The number of nitrogens with zero attached hydrogens (tertiary/aromatic N) is 7. The average molecular weight is 547 g/mol. The molecule has 0 amide bonds. The van der Waals surface area contributed by atoms with Crippen LogP contribution in [-0.4, -0.2) is 83.1 Å². The van der Waals surface area contributed by atoms with Gasteiger partial charge in [-0.05, 0) is 76.6 Å². The van der Waals surface area contributed by atoms with Crippen LogP contribution in [0.1, 0.15) is 48.3 Å². The van der Waals surface area contributed by atoms with Gasteiger partial charge in [0.2, 0.25) is 0 Å². The quantitative estimate of drug-likeness (QED) is 0.174. The molecule has 5 rings (SSSR count). The molecule has 40 heavy (non-hydrogen) atoms. The Morgan fingerprint density at radius 2 is 2.10 bits per heavy atom. The molecule has 0 bridgehead atoms. The minimum absolute atomic E-state index is 0.421. The monoisotopic (exact) mass is 546 g/mol. The van der Waals surface area contributed by atoms with Crippen LogP contribution in [0.2, 0.25) is 0 Å². The third kappa shape index (κ3) is 6.92. The van der Waals surface area contributed by atoms with Crippen molar-refractivity contribution in [2.45, 2.75) is 65.0 Å². The van der Waals surface area contributed by atoms with Gasteiger partial charge in [-0.3, -0.25) is 9.78 Å². The van der Waals surface area contributed by atoms with Crippen LogP contribution in [0.25, 0.3) is 11.0 Å². The van der Waals surface area contributed by atoms with Crippen LogP contribution in [0.5, 0.6) is 0 Å². The summed E-state index contributed by atoms with van der Waals surface area (Å²) in [5.74, 6) is 0.562. The predicted molar refractivity (Wildman–Crippen MR) is 153 cm³/mol. The van der Waals surface area contributed by atoms with Gasteiger partial charge >= 0.3 is 5.97 Å². The lowest BCUT2D eigenvalue weighted by molar-refractivity contribution is -0.138. The number of hydrogen-bond donors (Lipinski definition) is 4. The second-order valence-electron chi connectivity index (χ2n) is 10.5. The lowest BCUT2D eigenvalue weighted by atomic mass is 10.1. The number of aromatic amines is 1. The number of nitrogens with one attached hydrogen (secondary N) is 3. The highest BCUT2D eigenvalue weighted by molar-refractivity contribution is 5.87. The predicted octanol–water partition coefficient (Wildman–Crippen LogP) is 3.20. The summed E-state index contributed by atoms with van der Waals surface area (Å²) >= 11 is 0. The van der Waals surface area contributed by atoms with E-state index in [0.717, 1.165) is 81.2 Å². The molecule has 4 aromatic heterocycles. The van der Waals surface area contributed by atoms with E-state index in [4.69, 9.17) is 4.98 Å². The lowest BCUT2D eigenvalue weighted by Crippen LogP contribution is -2.37. The number of unbranched alkanes of at least 4 members (excludes halogenated alkanes) is 1. The fraction of sp³-hybridized carbons (Fsp3) is 0.500. The molecule has 0 aliphatic carbocycles. The first-order valence-electron chi connectivity index (χ1n) is 14.1. The number of aliphatic carboxylic acids is 1. The molecule has 4 aromatic rings. The summed E-state index contributed by atoms with van der Waals surface area (Å²) in [6.07, 6.45) is 8.61. The maximum atomic E-state index is 12.2. The number of fused-ring (bicyclic) bond motifs is 2. The van der Waals surface area contributed by atoms with E-state index in [-0.39, 0.29) is 0 Å². The number of anilines is 2. The van der Waals surface area contributed by atoms with Gasteiger partial charge in [0, 0.05) is 31.0 Å². The van der Waals surface area contributed by atoms with Crippen LogP contribution in [0, 0.1) is 13.8 Å². The number of H-pyrrole nitrogens is 1. The van der Waals surface area contributed by atoms with Gasteiger partial charge in [0.15, 0.2) is 5.82 Å². The van der Waals surface area contributed by atoms with E-state index in [1.165, 1.54) is 11.9 Å². The van der Waals surface area contributed by atoms with Gasteiger partial charge in [-0.2, -0.15) is 10.2 Å². The zero-order chi connectivity index (χ0) is 27.9. The van der Waals surface area contributed by atoms with Crippen LogP contribution in [-0.2, 0) is 24.2 Å². The van der Waals surface area contributed by atoms with Crippen LogP contribution in [0.15, 0.2) is 30.7 Å². The highest BCUT2D eigenvalue weighted by Crippen LogP contribution is 2.21. The summed E-state index contributed by atoms with van der Waals surface area (Å²) in [5, 5.41) is 27.9. The van der Waals surface area contributed by atoms with Gasteiger partial charge in [-0.1, -0.05) is 6.07 Å². The Balaban J connectivity index is 1.19. The molecule has 1 aliphatic rings. The number of pyridine rings is 1. The average Bonchev–Trinajstić information content (AvgIpc) is 3.56. The highest BCUT2D eigenvalue weighted by atomic mass is 16.4. The number of carboxylic acid groups (broad SMARTS) is 1. The number of rotatable bonds is 14. The highest BCUT2D eigenvalue weighted by Gasteiger charge is 2.21. The van der Waals surface area contributed by atoms with Crippen LogP contribution < -0.4 is 10.6 Å². The maximum absolute atomic E-state index is 12.2. The Morgan fingerprint density at radius 3 is 2.92 bits per heavy atom. The third-order valence-corrected chi connectivity index (χ3v) is 7.42. The summed E-state index contributed by atoms with van der Waals surface area (Å²) < 4.78 is 2.02. The van der Waals surface area contributed by atoms with E-state index >= 15 is 0 Å². The Labute approximate surface area is 233 Å². The minimum Gasteiger partial charge on any atom is -0.480 e. The molecule has 4 N–H and O–H groups in total. The van der Waals surface area contributed by atoms with Crippen molar-refractivity contribution in [3.8, 4) is 0 Å². The van der Waals surface area contributed by atoms with E-state index in [0.29, 0.717) is 29.8 Å². The molecule has 0 aromatic carbocycles. The van der Waals surface area contributed by atoms with Crippen molar-refractivity contribution in [2.75, 3.05) is 36.8 Å². The summed E-state index contributed by atoms with van der Waals surface area (Å²) in [5.41, 5.74) is 5.79. The molecule has 212 valence electrons. The second-order valence-corrected chi connectivity index (χ2v) is 10.5. The summed E-state index contributed by atoms with van der Waals surface area (Å²) in [7, 11) is 0. The number of aromatic nitrogens is 7. The first kappa shape index (κ1) is 27.5. The summed E-state index contributed by atoms with van der Waals surface area (Å²) in [6, 6.07) is 5.63. The molecular weight excluding hydrogens is 508 g/mol. The molecule has 0 spiro atoms. The first-order chi connectivity index (χ1) is 19.5. The lowest BCUT2D eigenvalue weighted by Gasteiger charge is -2.25. The Hall–Kier alpha value is -4.06. The van der Waals surface area contributed by atoms with Crippen molar-refractivity contribution in [3.05, 3.63) is 53.4 Å². The molecule has 0 saturated heterocycles. The molecule has 12 heteroatoms. The van der Waals surface area contributed by atoms with Gasteiger partial charge in [-0.25, -0.2) is 19.7 Å².